The van der Waals surface area contributed by atoms with Crippen LogP contribution in [0.2, 0.25) is 0 Å². The summed E-state index contributed by atoms with van der Waals surface area (Å²) in [6.45, 7) is 2.74. The summed E-state index contributed by atoms with van der Waals surface area (Å²) in [4.78, 5) is 25.5. The number of urea groups is 1. The maximum atomic E-state index is 13.5. The van der Waals surface area contributed by atoms with Gasteiger partial charge in [-0.1, -0.05) is 43.3 Å². The summed E-state index contributed by atoms with van der Waals surface area (Å²) in [7, 11) is 1.79. The molecule has 5 nitrogen and oxygen atoms in total. The molecule has 132 valence electrons. The average Bonchev–Trinajstić information content (AvgIpc) is 2.57. The minimum Gasteiger partial charge on any atom is -0.305 e. The van der Waals surface area contributed by atoms with Crippen molar-refractivity contribution in [2.24, 2.45) is 0 Å². The fourth-order valence-electron chi connectivity index (χ4n) is 2.38. The van der Waals surface area contributed by atoms with Gasteiger partial charge in [-0.2, -0.15) is 0 Å². The van der Waals surface area contributed by atoms with Gasteiger partial charge in [0.25, 0.3) is 0 Å². The molecular formula is C19H22FN3O2. The van der Waals surface area contributed by atoms with Gasteiger partial charge in [0.15, 0.2) is 0 Å². The molecule has 0 radical (unpaired) electrons. The Hall–Kier alpha value is -2.73. The first kappa shape index (κ1) is 18.6. The van der Waals surface area contributed by atoms with Crippen molar-refractivity contribution in [3.63, 3.8) is 0 Å². The van der Waals surface area contributed by atoms with Crippen molar-refractivity contribution in [1.29, 1.82) is 0 Å². The number of amides is 3. The zero-order chi connectivity index (χ0) is 18.2. The van der Waals surface area contributed by atoms with Gasteiger partial charge < -0.3 is 5.32 Å². The number of likely N-dealkylation sites (N-methyl/N-ethyl adjacent to an activating group) is 1. The largest absolute Gasteiger partial charge is 0.326 e. The van der Waals surface area contributed by atoms with Crippen molar-refractivity contribution in [3.05, 3.63) is 65.5 Å². The molecule has 3 amide bonds. The quantitative estimate of drug-likeness (QED) is 0.847. The van der Waals surface area contributed by atoms with Crippen LogP contribution in [-0.2, 0) is 17.8 Å². The monoisotopic (exact) mass is 343 g/mol. The van der Waals surface area contributed by atoms with E-state index in [2.05, 4.69) is 29.7 Å². The third-order valence-corrected chi connectivity index (χ3v) is 3.67. The second-order valence-corrected chi connectivity index (χ2v) is 5.82. The molecule has 0 atom stereocenters. The van der Waals surface area contributed by atoms with Crippen LogP contribution in [0.25, 0.3) is 0 Å². The minimum absolute atomic E-state index is 0.0252. The molecule has 0 fully saturated rings. The lowest BCUT2D eigenvalue weighted by Gasteiger charge is -2.16. The number of rotatable bonds is 6. The Kier molecular flexibility index (Phi) is 6.65. The lowest BCUT2D eigenvalue weighted by molar-refractivity contribution is -0.120. The fraction of sp³-hybridized carbons (Fsp3) is 0.263. The van der Waals surface area contributed by atoms with Gasteiger partial charge in [0.05, 0.1) is 12.2 Å². The van der Waals surface area contributed by atoms with Gasteiger partial charge in [-0.15, -0.1) is 0 Å². The molecule has 0 bridgehead atoms. The maximum absolute atomic E-state index is 13.5. The molecule has 2 N–H and O–H groups in total. The number of carbonyl (C=O) groups is 2. The Balaban J connectivity index is 1.80. The number of carbonyl (C=O) groups excluding carboxylic acids is 2. The van der Waals surface area contributed by atoms with E-state index in [0.717, 1.165) is 12.0 Å². The summed E-state index contributed by atoms with van der Waals surface area (Å²) in [5, 5.41) is 4.51. The topological polar surface area (TPSA) is 61.4 Å². The molecule has 6 heteroatoms. The van der Waals surface area contributed by atoms with Crippen LogP contribution in [-0.4, -0.2) is 30.4 Å². The Labute approximate surface area is 146 Å². The smallest absolute Gasteiger partial charge is 0.305 e. The number of halogens is 1. The molecule has 0 aliphatic heterocycles. The van der Waals surface area contributed by atoms with Crippen LogP contribution in [0.3, 0.4) is 0 Å². The third kappa shape index (κ3) is 6.00. The molecule has 2 rings (SSSR count). The molecule has 2 aromatic carbocycles. The van der Waals surface area contributed by atoms with Crippen LogP contribution >= 0.6 is 0 Å². The van der Waals surface area contributed by atoms with Gasteiger partial charge in [0, 0.05) is 6.54 Å². The predicted molar refractivity (Wildman–Crippen MR) is 95.7 cm³/mol. The van der Waals surface area contributed by atoms with Crippen LogP contribution < -0.4 is 10.6 Å². The van der Waals surface area contributed by atoms with Crippen LogP contribution in [0.1, 0.15) is 18.1 Å². The first-order valence-electron chi connectivity index (χ1n) is 8.09. The highest BCUT2D eigenvalue weighted by Crippen LogP contribution is 2.12. The Morgan fingerprint density at radius 3 is 2.32 bits per heavy atom. The van der Waals surface area contributed by atoms with Gasteiger partial charge in [-0.25, -0.2) is 9.18 Å². The van der Waals surface area contributed by atoms with Gasteiger partial charge >= 0.3 is 6.03 Å². The first-order chi connectivity index (χ1) is 12.0. The Bertz CT molecular complexity index is 732. The van der Waals surface area contributed by atoms with Crippen LogP contribution in [0.4, 0.5) is 14.9 Å². The highest BCUT2D eigenvalue weighted by atomic mass is 19.1. The maximum Gasteiger partial charge on any atom is 0.326 e. The predicted octanol–water partition coefficient (Wildman–Crippen LogP) is 3.17. The second kappa shape index (κ2) is 8.94. The summed E-state index contributed by atoms with van der Waals surface area (Å²) in [5.74, 6) is -1.01. The summed E-state index contributed by atoms with van der Waals surface area (Å²) in [6.07, 6.45) is 0.982. The molecule has 0 aliphatic rings. The van der Waals surface area contributed by atoms with E-state index in [1.165, 1.54) is 23.8 Å². The lowest BCUT2D eigenvalue weighted by atomic mass is 10.1. The van der Waals surface area contributed by atoms with E-state index in [1.54, 1.807) is 18.0 Å². The lowest BCUT2D eigenvalue weighted by Crippen LogP contribution is -2.40. The molecule has 25 heavy (non-hydrogen) atoms. The number of nitrogens with one attached hydrogen (secondary N) is 2. The van der Waals surface area contributed by atoms with Gasteiger partial charge in [-0.05, 0) is 36.7 Å². The number of para-hydroxylation sites is 1. The van der Waals surface area contributed by atoms with Crippen LogP contribution in [0.15, 0.2) is 48.5 Å². The van der Waals surface area contributed by atoms with E-state index in [4.69, 9.17) is 0 Å². The summed E-state index contributed by atoms with van der Waals surface area (Å²) < 4.78 is 13.5. The van der Waals surface area contributed by atoms with Gasteiger partial charge in [0.2, 0.25) is 5.91 Å². The third-order valence-electron chi connectivity index (χ3n) is 3.67. The summed E-state index contributed by atoms with van der Waals surface area (Å²) in [5.41, 5.74) is 2.37. The van der Waals surface area contributed by atoms with Crippen molar-refractivity contribution in [1.82, 2.24) is 10.2 Å². The number of aryl methyl sites for hydroxylation is 1. The molecule has 0 heterocycles. The van der Waals surface area contributed by atoms with Gasteiger partial charge in [0.1, 0.15) is 5.82 Å². The summed E-state index contributed by atoms with van der Waals surface area (Å²) in [6, 6.07) is 13.2. The van der Waals surface area contributed by atoms with Crippen molar-refractivity contribution in [2.45, 2.75) is 19.9 Å². The SMILES string of the molecule is CCc1ccc(CN(C)CC(=O)NC(=O)Nc2ccccc2F)cc1. The van der Waals surface area contributed by atoms with E-state index < -0.39 is 17.8 Å². The minimum atomic E-state index is -0.754. The van der Waals surface area contributed by atoms with E-state index in [1.807, 2.05) is 12.1 Å². The standard InChI is InChI=1S/C19H22FN3O2/c1-3-14-8-10-15(11-9-14)12-23(2)13-18(24)22-19(25)21-17-7-5-4-6-16(17)20/h4-11H,3,12-13H2,1-2H3,(H2,21,22,24,25). The second-order valence-electron chi connectivity index (χ2n) is 5.82. The van der Waals surface area contributed by atoms with Crippen molar-refractivity contribution in [2.75, 3.05) is 18.9 Å². The number of anilines is 1. The highest BCUT2D eigenvalue weighted by Gasteiger charge is 2.12. The molecule has 0 unspecified atom stereocenters. The molecule has 0 saturated carbocycles. The van der Waals surface area contributed by atoms with E-state index >= 15 is 0 Å². The van der Waals surface area contributed by atoms with Gasteiger partial charge in [-0.3, -0.25) is 15.0 Å². The zero-order valence-corrected chi connectivity index (χ0v) is 14.4. The van der Waals surface area contributed by atoms with E-state index in [9.17, 15) is 14.0 Å². The van der Waals surface area contributed by atoms with E-state index in [-0.39, 0.29) is 12.2 Å². The van der Waals surface area contributed by atoms with Crippen LogP contribution in [0.5, 0.6) is 0 Å². The first-order valence-corrected chi connectivity index (χ1v) is 8.09. The normalized spacial score (nSPS) is 10.6. The number of benzene rings is 2. The van der Waals surface area contributed by atoms with Crippen molar-refractivity contribution >= 4 is 17.6 Å². The Morgan fingerprint density at radius 2 is 1.68 bits per heavy atom. The number of imide groups is 1. The zero-order valence-electron chi connectivity index (χ0n) is 14.4. The molecule has 2 aromatic rings. The average molecular weight is 343 g/mol. The molecule has 0 saturated heterocycles. The van der Waals surface area contributed by atoms with Crippen molar-refractivity contribution < 1.29 is 14.0 Å². The Morgan fingerprint density at radius 1 is 1.04 bits per heavy atom. The van der Waals surface area contributed by atoms with Crippen molar-refractivity contribution in [3.8, 4) is 0 Å². The summed E-state index contributed by atoms with van der Waals surface area (Å²) >= 11 is 0. The van der Waals surface area contributed by atoms with Crippen LogP contribution in [0, 0.1) is 5.82 Å². The van der Waals surface area contributed by atoms with E-state index in [0.29, 0.717) is 6.54 Å². The molecule has 0 aromatic heterocycles. The molecule has 0 spiro atoms. The molecule has 0 aliphatic carbocycles. The number of hydrogen-bond donors (Lipinski definition) is 2. The number of nitrogens with zero attached hydrogens (tertiary/aromatic N) is 1. The fourth-order valence-corrected chi connectivity index (χ4v) is 2.38. The number of hydrogen-bond acceptors (Lipinski definition) is 3. The molecular weight excluding hydrogens is 321 g/mol. The highest BCUT2D eigenvalue weighted by molar-refractivity contribution is 6.01.